The lowest BCUT2D eigenvalue weighted by Gasteiger charge is -2.23. The molecule has 0 spiro atoms. The van der Waals surface area contributed by atoms with E-state index in [4.69, 9.17) is 5.26 Å². The van der Waals surface area contributed by atoms with Crippen molar-refractivity contribution in [1.29, 1.82) is 5.26 Å². The van der Waals surface area contributed by atoms with Crippen LogP contribution in [0, 0.1) is 11.3 Å². The molecule has 0 aliphatic heterocycles. The van der Waals surface area contributed by atoms with Crippen molar-refractivity contribution < 1.29 is 0 Å². The molecular weight excluding hydrogens is 302 g/mol. The molecule has 0 aromatic heterocycles. The summed E-state index contributed by atoms with van der Waals surface area (Å²) in [5.74, 6) is 0. The van der Waals surface area contributed by atoms with Gasteiger partial charge in [-0.1, -0.05) is 28.9 Å². The van der Waals surface area contributed by atoms with Crippen molar-refractivity contribution in [3.63, 3.8) is 0 Å². The van der Waals surface area contributed by atoms with E-state index in [0.717, 1.165) is 29.8 Å². The molecule has 0 amide bonds. The zero-order chi connectivity index (χ0) is 14.3. The average Bonchev–Trinajstić information content (AvgIpc) is 2.40. The summed E-state index contributed by atoms with van der Waals surface area (Å²) in [6, 6.07) is 8.97. The molecule has 0 radical (unpaired) electrons. The van der Waals surface area contributed by atoms with Crippen molar-refractivity contribution in [2.75, 3.05) is 24.5 Å². The zero-order valence-electron chi connectivity index (χ0n) is 11.9. The quantitative estimate of drug-likeness (QED) is 0.828. The van der Waals surface area contributed by atoms with Crippen molar-refractivity contribution >= 4 is 21.6 Å². The van der Waals surface area contributed by atoms with Crippen LogP contribution in [0.3, 0.4) is 0 Å². The lowest BCUT2D eigenvalue weighted by atomic mass is 10.1. The van der Waals surface area contributed by atoms with Crippen LogP contribution in [0.5, 0.6) is 0 Å². The minimum atomic E-state index is 0.336. The first kappa shape index (κ1) is 16.0. The highest BCUT2D eigenvalue weighted by molar-refractivity contribution is 9.10. The normalized spacial score (nSPS) is 11.9. The van der Waals surface area contributed by atoms with E-state index in [0.29, 0.717) is 12.5 Å². The second-order valence-corrected chi connectivity index (χ2v) is 5.33. The van der Waals surface area contributed by atoms with E-state index in [2.05, 4.69) is 71.2 Å². The monoisotopic (exact) mass is 323 g/mol. The number of benzene rings is 1. The Hall–Kier alpha value is -1.05. The molecule has 0 aliphatic carbocycles. The molecule has 1 aromatic rings. The molecule has 0 aliphatic rings. The van der Waals surface area contributed by atoms with Crippen LogP contribution in [0.1, 0.15) is 38.8 Å². The number of nitrogens with one attached hydrogen (secondary N) is 1. The van der Waals surface area contributed by atoms with Crippen molar-refractivity contribution in [3.8, 4) is 6.07 Å². The summed E-state index contributed by atoms with van der Waals surface area (Å²) in [5, 5.41) is 12.1. The molecule has 0 heterocycles. The van der Waals surface area contributed by atoms with E-state index < -0.39 is 0 Å². The third-order valence-corrected chi connectivity index (χ3v) is 3.89. The summed E-state index contributed by atoms with van der Waals surface area (Å²) in [6.07, 6.45) is 0.557. The van der Waals surface area contributed by atoms with Gasteiger partial charge in [-0.3, -0.25) is 0 Å². The molecule has 0 bridgehead atoms. The maximum absolute atomic E-state index is 8.69. The Morgan fingerprint density at radius 1 is 1.42 bits per heavy atom. The smallest absolute Gasteiger partial charge is 0.0640 e. The van der Waals surface area contributed by atoms with Crippen LogP contribution in [0.25, 0.3) is 0 Å². The summed E-state index contributed by atoms with van der Waals surface area (Å²) in [6.45, 7) is 9.03. The zero-order valence-corrected chi connectivity index (χ0v) is 13.5. The van der Waals surface area contributed by atoms with E-state index in [1.54, 1.807) is 0 Å². The van der Waals surface area contributed by atoms with Gasteiger partial charge in [0.05, 0.1) is 12.5 Å². The van der Waals surface area contributed by atoms with Gasteiger partial charge in [-0.2, -0.15) is 5.26 Å². The fraction of sp³-hybridized carbons (Fsp3) is 0.533. The molecule has 1 rings (SSSR count). The lowest BCUT2D eigenvalue weighted by molar-refractivity contribution is 0.596. The first-order valence-electron chi connectivity index (χ1n) is 6.78. The molecule has 0 saturated carbocycles. The van der Waals surface area contributed by atoms with Crippen LogP contribution >= 0.6 is 15.9 Å². The first-order valence-corrected chi connectivity index (χ1v) is 7.58. The highest BCUT2D eigenvalue weighted by Gasteiger charge is 2.11. The Balaban J connectivity index is 2.88. The van der Waals surface area contributed by atoms with Gasteiger partial charge in [0.15, 0.2) is 0 Å². The lowest BCUT2D eigenvalue weighted by Crippen LogP contribution is -2.24. The van der Waals surface area contributed by atoms with Crippen LogP contribution in [0.2, 0.25) is 0 Å². The SMILES string of the molecule is CCNC(C)c1ccc(N(CC)CCC#N)cc1Br. The maximum atomic E-state index is 8.69. The highest BCUT2D eigenvalue weighted by Crippen LogP contribution is 2.28. The van der Waals surface area contributed by atoms with Gasteiger partial charge in [0.1, 0.15) is 0 Å². The summed E-state index contributed by atoms with van der Waals surface area (Å²) in [5.41, 5.74) is 2.43. The molecule has 1 atom stereocenters. The number of hydrogen-bond donors (Lipinski definition) is 1. The Kier molecular flexibility index (Phi) is 6.90. The van der Waals surface area contributed by atoms with Crippen molar-refractivity contribution in [1.82, 2.24) is 5.32 Å². The van der Waals surface area contributed by atoms with Gasteiger partial charge in [0, 0.05) is 29.3 Å². The Morgan fingerprint density at radius 3 is 2.68 bits per heavy atom. The molecule has 1 unspecified atom stereocenters. The van der Waals surface area contributed by atoms with Crippen LogP contribution < -0.4 is 10.2 Å². The van der Waals surface area contributed by atoms with Crippen molar-refractivity contribution in [3.05, 3.63) is 28.2 Å². The highest BCUT2D eigenvalue weighted by atomic mass is 79.9. The number of nitriles is 1. The fourth-order valence-corrected chi connectivity index (χ4v) is 2.84. The van der Waals surface area contributed by atoms with Crippen molar-refractivity contribution in [2.24, 2.45) is 0 Å². The van der Waals surface area contributed by atoms with Gasteiger partial charge in [-0.25, -0.2) is 0 Å². The van der Waals surface area contributed by atoms with Gasteiger partial charge in [-0.15, -0.1) is 0 Å². The molecule has 4 heteroatoms. The Bertz CT molecular complexity index is 440. The third kappa shape index (κ3) is 4.52. The molecule has 1 N–H and O–H groups in total. The molecule has 0 saturated heterocycles. The molecule has 19 heavy (non-hydrogen) atoms. The number of hydrogen-bond acceptors (Lipinski definition) is 3. The van der Waals surface area contributed by atoms with E-state index in [1.807, 2.05) is 0 Å². The average molecular weight is 324 g/mol. The maximum Gasteiger partial charge on any atom is 0.0640 e. The summed E-state index contributed by atoms with van der Waals surface area (Å²) < 4.78 is 1.12. The predicted molar refractivity (Wildman–Crippen MR) is 84.4 cm³/mol. The second-order valence-electron chi connectivity index (χ2n) is 4.47. The van der Waals surface area contributed by atoms with E-state index in [-0.39, 0.29) is 0 Å². The largest absolute Gasteiger partial charge is 0.371 e. The fourth-order valence-electron chi connectivity index (χ4n) is 2.13. The summed E-state index contributed by atoms with van der Waals surface area (Å²) >= 11 is 3.65. The predicted octanol–water partition coefficient (Wildman–Crippen LogP) is 3.86. The first-order chi connectivity index (χ1) is 9.13. The molecular formula is C15H22BrN3. The van der Waals surface area contributed by atoms with Gasteiger partial charge >= 0.3 is 0 Å². The van der Waals surface area contributed by atoms with E-state index in [9.17, 15) is 0 Å². The standard InChI is InChI=1S/C15H22BrN3/c1-4-18-12(3)14-8-7-13(11-15(14)16)19(5-2)10-6-9-17/h7-8,11-12,18H,4-6,10H2,1-3H3. The third-order valence-electron chi connectivity index (χ3n) is 3.20. The number of nitrogens with zero attached hydrogens (tertiary/aromatic N) is 2. The van der Waals surface area contributed by atoms with E-state index >= 15 is 0 Å². The molecule has 3 nitrogen and oxygen atoms in total. The number of rotatable bonds is 7. The number of halogens is 1. The molecule has 104 valence electrons. The van der Waals surface area contributed by atoms with Crippen LogP contribution in [-0.4, -0.2) is 19.6 Å². The second kappa shape index (κ2) is 8.19. The Morgan fingerprint density at radius 2 is 2.16 bits per heavy atom. The topological polar surface area (TPSA) is 39.1 Å². The molecule has 1 aromatic carbocycles. The van der Waals surface area contributed by atoms with Crippen LogP contribution in [0.4, 0.5) is 5.69 Å². The van der Waals surface area contributed by atoms with Gasteiger partial charge in [0.2, 0.25) is 0 Å². The number of anilines is 1. The van der Waals surface area contributed by atoms with Gasteiger partial charge in [-0.05, 0) is 38.1 Å². The van der Waals surface area contributed by atoms with Gasteiger partial charge in [0.25, 0.3) is 0 Å². The molecule has 0 fully saturated rings. The minimum Gasteiger partial charge on any atom is -0.371 e. The summed E-state index contributed by atoms with van der Waals surface area (Å²) in [7, 11) is 0. The Labute approximate surface area is 124 Å². The van der Waals surface area contributed by atoms with E-state index in [1.165, 1.54) is 5.56 Å². The van der Waals surface area contributed by atoms with Crippen molar-refractivity contribution in [2.45, 2.75) is 33.2 Å². The van der Waals surface area contributed by atoms with Crippen LogP contribution in [0.15, 0.2) is 22.7 Å². The summed E-state index contributed by atoms with van der Waals surface area (Å²) in [4.78, 5) is 2.22. The van der Waals surface area contributed by atoms with Gasteiger partial charge < -0.3 is 10.2 Å². The minimum absolute atomic E-state index is 0.336. The van der Waals surface area contributed by atoms with Crippen LogP contribution in [-0.2, 0) is 0 Å².